The molecule has 2 rings (SSSR count). The molecule has 1 saturated heterocycles. The fraction of sp³-hybridized carbons (Fsp3) is 0.611. The van der Waals surface area contributed by atoms with Crippen LogP contribution in [0.1, 0.15) is 35.9 Å². The second kappa shape index (κ2) is 11.2. The standard InChI is InChI=1S/C18H30ClN7O2/c1-3-14-16(19)25-18(15(24-14)17(21)27)23-13(10-20)11-22-12-4-6-26(7-5-12)8-9-28-2/h11-12,22H,3-10,20H2,1-2H3,(H2,21,27)(H,23,25)/b13-11+. The number of piperidine rings is 1. The zero-order chi connectivity index (χ0) is 20.5. The van der Waals surface area contributed by atoms with E-state index in [1.165, 1.54) is 0 Å². The van der Waals surface area contributed by atoms with Gasteiger partial charge in [-0.25, -0.2) is 9.97 Å². The number of nitrogens with one attached hydrogen (secondary N) is 2. The topological polar surface area (TPSA) is 131 Å². The molecule has 1 fully saturated rings. The number of carbonyl (C=O) groups is 1. The van der Waals surface area contributed by atoms with Crippen LogP contribution in [0.5, 0.6) is 0 Å². The average molecular weight is 412 g/mol. The van der Waals surface area contributed by atoms with Crippen molar-refractivity contribution in [3.63, 3.8) is 0 Å². The maximum Gasteiger partial charge on any atom is 0.271 e. The lowest BCUT2D eigenvalue weighted by Crippen LogP contribution is -2.42. The zero-order valence-electron chi connectivity index (χ0n) is 16.5. The third-order valence-corrected chi connectivity index (χ3v) is 4.98. The maximum absolute atomic E-state index is 11.7. The van der Waals surface area contributed by atoms with Gasteiger partial charge in [0.25, 0.3) is 5.91 Å². The van der Waals surface area contributed by atoms with Crippen LogP contribution in [0.25, 0.3) is 0 Å². The molecule has 1 aromatic heterocycles. The van der Waals surface area contributed by atoms with E-state index in [0.29, 0.717) is 23.9 Å². The Hall–Kier alpha value is -1.94. The van der Waals surface area contributed by atoms with Crippen molar-refractivity contribution in [1.29, 1.82) is 0 Å². The van der Waals surface area contributed by atoms with Gasteiger partial charge in [0.1, 0.15) is 0 Å². The molecule has 2 heterocycles. The van der Waals surface area contributed by atoms with Gasteiger partial charge in [-0.2, -0.15) is 0 Å². The smallest absolute Gasteiger partial charge is 0.271 e. The first-order valence-corrected chi connectivity index (χ1v) is 9.85. The Bertz CT molecular complexity index is 691. The van der Waals surface area contributed by atoms with Crippen molar-refractivity contribution in [2.45, 2.75) is 32.2 Å². The number of aromatic nitrogens is 2. The third-order valence-electron chi connectivity index (χ3n) is 4.68. The minimum absolute atomic E-state index is 0.0482. The predicted molar refractivity (Wildman–Crippen MR) is 110 cm³/mol. The lowest BCUT2D eigenvalue weighted by atomic mass is 10.1. The Morgan fingerprint density at radius 2 is 2.11 bits per heavy atom. The van der Waals surface area contributed by atoms with Gasteiger partial charge in [0, 0.05) is 51.2 Å². The van der Waals surface area contributed by atoms with Crippen molar-refractivity contribution in [2.75, 3.05) is 45.2 Å². The summed E-state index contributed by atoms with van der Waals surface area (Å²) >= 11 is 6.14. The molecule has 0 aromatic carbocycles. The lowest BCUT2D eigenvalue weighted by molar-refractivity contribution is 0.0996. The molecule has 0 atom stereocenters. The van der Waals surface area contributed by atoms with E-state index in [1.807, 2.05) is 13.1 Å². The van der Waals surface area contributed by atoms with E-state index >= 15 is 0 Å². The van der Waals surface area contributed by atoms with Gasteiger partial charge in [0.15, 0.2) is 16.7 Å². The number of carbonyl (C=O) groups excluding carboxylic acids is 1. The zero-order valence-corrected chi connectivity index (χ0v) is 17.3. The Balaban J connectivity index is 2.00. The number of primary amides is 1. The fourth-order valence-corrected chi connectivity index (χ4v) is 3.25. The molecular formula is C18H30ClN7O2. The first-order chi connectivity index (χ1) is 13.5. The van der Waals surface area contributed by atoms with Crippen LogP contribution in [0.4, 0.5) is 5.82 Å². The second-order valence-electron chi connectivity index (χ2n) is 6.65. The van der Waals surface area contributed by atoms with Crippen LogP contribution in [0.2, 0.25) is 5.15 Å². The van der Waals surface area contributed by atoms with Crippen LogP contribution < -0.4 is 22.1 Å². The molecule has 0 radical (unpaired) electrons. The number of ether oxygens (including phenoxy) is 1. The number of rotatable bonds is 10. The molecule has 1 amide bonds. The Labute approximate surface area is 170 Å². The summed E-state index contributed by atoms with van der Waals surface area (Å²) in [5, 5.41) is 6.67. The number of amides is 1. The summed E-state index contributed by atoms with van der Waals surface area (Å²) in [5.41, 5.74) is 12.5. The Kier molecular flexibility index (Phi) is 8.91. The summed E-state index contributed by atoms with van der Waals surface area (Å²) in [7, 11) is 1.72. The van der Waals surface area contributed by atoms with Gasteiger partial charge < -0.3 is 31.7 Å². The fourth-order valence-electron chi connectivity index (χ4n) is 2.99. The number of hydrogen-bond acceptors (Lipinski definition) is 8. The van der Waals surface area contributed by atoms with Gasteiger partial charge in [-0.15, -0.1) is 0 Å². The molecule has 0 aliphatic carbocycles. The van der Waals surface area contributed by atoms with Crippen molar-refractivity contribution < 1.29 is 9.53 Å². The molecule has 28 heavy (non-hydrogen) atoms. The van der Waals surface area contributed by atoms with E-state index in [2.05, 4.69) is 25.5 Å². The SMILES string of the molecule is CCc1nc(C(N)=O)c(N/C(=C/NC2CCN(CCOC)CC2)CN)nc1Cl. The first kappa shape index (κ1) is 22.4. The van der Waals surface area contributed by atoms with Crippen LogP contribution in [0.15, 0.2) is 11.9 Å². The van der Waals surface area contributed by atoms with Crippen molar-refractivity contribution in [2.24, 2.45) is 11.5 Å². The molecule has 0 spiro atoms. The summed E-state index contributed by atoms with van der Waals surface area (Å²) in [5.74, 6) is -0.461. The molecular weight excluding hydrogens is 382 g/mol. The highest BCUT2D eigenvalue weighted by Gasteiger charge is 2.19. The summed E-state index contributed by atoms with van der Waals surface area (Å²) in [6, 6.07) is 0.356. The summed E-state index contributed by atoms with van der Waals surface area (Å²) < 4.78 is 5.13. The van der Waals surface area contributed by atoms with Gasteiger partial charge in [-0.1, -0.05) is 18.5 Å². The quantitative estimate of drug-likeness (QED) is 0.442. The summed E-state index contributed by atoms with van der Waals surface area (Å²) in [6.45, 7) is 5.85. The number of nitrogens with two attached hydrogens (primary N) is 2. The number of likely N-dealkylation sites (tertiary alicyclic amines) is 1. The molecule has 156 valence electrons. The highest BCUT2D eigenvalue weighted by molar-refractivity contribution is 6.30. The monoisotopic (exact) mass is 411 g/mol. The van der Waals surface area contributed by atoms with Gasteiger partial charge in [0.2, 0.25) is 0 Å². The second-order valence-corrected chi connectivity index (χ2v) is 7.01. The van der Waals surface area contributed by atoms with E-state index in [0.717, 1.165) is 39.1 Å². The van der Waals surface area contributed by atoms with E-state index in [-0.39, 0.29) is 23.2 Å². The largest absolute Gasteiger partial charge is 0.387 e. The normalized spacial score (nSPS) is 16.2. The molecule has 1 aliphatic heterocycles. The van der Waals surface area contributed by atoms with Crippen molar-refractivity contribution >= 4 is 23.3 Å². The van der Waals surface area contributed by atoms with Crippen LogP contribution in [0, 0.1) is 0 Å². The van der Waals surface area contributed by atoms with E-state index in [4.69, 9.17) is 27.8 Å². The summed E-state index contributed by atoms with van der Waals surface area (Å²) in [6.07, 6.45) is 4.43. The van der Waals surface area contributed by atoms with E-state index in [1.54, 1.807) is 7.11 Å². The minimum atomic E-state index is -0.672. The number of nitrogens with zero attached hydrogens (tertiary/aromatic N) is 3. The number of aryl methyl sites for hydroxylation is 1. The molecule has 0 unspecified atom stereocenters. The number of anilines is 1. The number of halogens is 1. The molecule has 0 saturated carbocycles. The third kappa shape index (κ3) is 6.30. The molecule has 0 bridgehead atoms. The first-order valence-electron chi connectivity index (χ1n) is 9.48. The van der Waals surface area contributed by atoms with Crippen molar-refractivity contribution in [1.82, 2.24) is 20.2 Å². The Morgan fingerprint density at radius 1 is 1.39 bits per heavy atom. The molecule has 1 aromatic rings. The van der Waals surface area contributed by atoms with Crippen LogP contribution >= 0.6 is 11.6 Å². The maximum atomic E-state index is 11.7. The van der Waals surface area contributed by atoms with Gasteiger partial charge in [-0.3, -0.25) is 4.79 Å². The lowest BCUT2D eigenvalue weighted by Gasteiger charge is -2.32. The van der Waals surface area contributed by atoms with E-state index < -0.39 is 5.91 Å². The van der Waals surface area contributed by atoms with Crippen molar-refractivity contribution in [3.8, 4) is 0 Å². The van der Waals surface area contributed by atoms with Gasteiger partial charge in [-0.05, 0) is 19.3 Å². The molecule has 1 aliphatic rings. The minimum Gasteiger partial charge on any atom is -0.387 e. The molecule has 6 N–H and O–H groups in total. The van der Waals surface area contributed by atoms with Crippen molar-refractivity contribution in [3.05, 3.63) is 28.4 Å². The summed E-state index contributed by atoms with van der Waals surface area (Å²) in [4.78, 5) is 22.6. The van der Waals surface area contributed by atoms with E-state index in [9.17, 15) is 4.79 Å². The highest BCUT2D eigenvalue weighted by atomic mass is 35.5. The molecule has 9 nitrogen and oxygen atoms in total. The number of hydrogen-bond donors (Lipinski definition) is 4. The van der Waals surface area contributed by atoms with Gasteiger partial charge in [0.05, 0.1) is 12.3 Å². The number of methoxy groups -OCH3 is 1. The van der Waals surface area contributed by atoms with Crippen LogP contribution in [-0.4, -0.2) is 66.7 Å². The Morgan fingerprint density at radius 3 is 2.68 bits per heavy atom. The molecule has 10 heteroatoms. The average Bonchev–Trinajstić information content (AvgIpc) is 2.70. The van der Waals surface area contributed by atoms with Crippen LogP contribution in [0.3, 0.4) is 0 Å². The highest BCUT2D eigenvalue weighted by Crippen LogP contribution is 2.19. The predicted octanol–water partition coefficient (Wildman–Crippen LogP) is 0.704. The van der Waals surface area contributed by atoms with Gasteiger partial charge >= 0.3 is 0 Å². The van der Waals surface area contributed by atoms with Crippen LogP contribution in [-0.2, 0) is 11.2 Å².